The lowest BCUT2D eigenvalue weighted by atomic mass is 10.2. The number of benzene rings is 1. The van der Waals surface area contributed by atoms with Crippen molar-refractivity contribution in [1.82, 2.24) is 14.9 Å². The van der Waals surface area contributed by atoms with Crippen molar-refractivity contribution < 1.29 is 9.53 Å². The second kappa shape index (κ2) is 8.14. The number of anilines is 1. The predicted octanol–water partition coefficient (Wildman–Crippen LogP) is 3.84. The minimum absolute atomic E-state index is 0.0815. The van der Waals surface area contributed by atoms with Gasteiger partial charge in [0.05, 0.1) is 17.3 Å². The molecule has 3 aromatic rings. The van der Waals surface area contributed by atoms with Crippen molar-refractivity contribution in [2.75, 3.05) is 18.5 Å². The molecule has 6 nitrogen and oxygen atoms in total. The molecule has 1 aromatic carbocycles. The first-order valence-electron chi connectivity index (χ1n) is 9.20. The van der Waals surface area contributed by atoms with Crippen LogP contribution in [0, 0.1) is 0 Å². The number of rotatable bonds is 5. The van der Waals surface area contributed by atoms with Gasteiger partial charge in [0.2, 0.25) is 0 Å². The summed E-state index contributed by atoms with van der Waals surface area (Å²) >= 11 is 0. The van der Waals surface area contributed by atoms with E-state index in [1.165, 1.54) is 0 Å². The summed E-state index contributed by atoms with van der Waals surface area (Å²) < 4.78 is 5.74. The van der Waals surface area contributed by atoms with E-state index in [9.17, 15) is 4.79 Å². The van der Waals surface area contributed by atoms with Gasteiger partial charge in [-0.25, -0.2) is 4.79 Å². The minimum Gasteiger partial charge on any atom is -0.376 e. The first-order valence-corrected chi connectivity index (χ1v) is 9.20. The Morgan fingerprint density at radius 1 is 1.19 bits per heavy atom. The summed E-state index contributed by atoms with van der Waals surface area (Å²) in [6.45, 7) is 1.80. The number of pyridine rings is 2. The van der Waals surface area contributed by atoms with Gasteiger partial charge in [0.1, 0.15) is 0 Å². The Bertz CT molecular complexity index is 905. The van der Waals surface area contributed by atoms with E-state index in [1.807, 2.05) is 42.5 Å². The summed E-state index contributed by atoms with van der Waals surface area (Å²) in [5, 5.41) is 4.02. The first kappa shape index (κ1) is 17.4. The maximum absolute atomic E-state index is 13.1. The Labute approximate surface area is 158 Å². The summed E-state index contributed by atoms with van der Waals surface area (Å²) in [6, 6.07) is 13.4. The third kappa shape index (κ3) is 4.23. The number of aromatic nitrogens is 2. The third-order valence-electron chi connectivity index (χ3n) is 4.71. The first-order chi connectivity index (χ1) is 13.3. The largest absolute Gasteiger partial charge is 0.376 e. The third-order valence-corrected chi connectivity index (χ3v) is 4.71. The second-order valence-corrected chi connectivity index (χ2v) is 6.69. The smallest absolute Gasteiger partial charge is 0.322 e. The van der Waals surface area contributed by atoms with Gasteiger partial charge in [0.15, 0.2) is 0 Å². The van der Waals surface area contributed by atoms with Gasteiger partial charge in [0, 0.05) is 43.7 Å². The molecule has 1 atom stereocenters. The van der Waals surface area contributed by atoms with Gasteiger partial charge < -0.3 is 15.0 Å². The Hall–Kier alpha value is -2.99. The lowest BCUT2D eigenvalue weighted by Gasteiger charge is -2.26. The molecular weight excluding hydrogens is 340 g/mol. The average molecular weight is 362 g/mol. The Kier molecular flexibility index (Phi) is 5.25. The second-order valence-electron chi connectivity index (χ2n) is 6.69. The standard InChI is InChI=1S/C21H22N4O2/c26-21(24-19-9-1-6-17-7-3-11-23-20(17)19)25(15-18-8-4-12-27-18)14-16-5-2-10-22-13-16/h1-3,5-7,9-11,13,18H,4,8,12,14-15H2,(H,24,26)/t18-/m0/s1. The highest BCUT2D eigenvalue weighted by Crippen LogP contribution is 2.22. The van der Waals surface area contributed by atoms with Crippen molar-refractivity contribution in [3.63, 3.8) is 0 Å². The topological polar surface area (TPSA) is 67.4 Å². The number of carbonyl (C=O) groups is 1. The van der Waals surface area contributed by atoms with Crippen molar-refractivity contribution in [1.29, 1.82) is 0 Å². The molecule has 3 heterocycles. The van der Waals surface area contributed by atoms with E-state index < -0.39 is 0 Å². The lowest BCUT2D eigenvalue weighted by Crippen LogP contribution is -2.39. The highest BCUT2D eigenvalue weighted by Gasteiger charge is 2.23. The minimum atomic E-state index is -0.160. The normalized spacial score (nSPS) is 16.4. The van der Waals surface area contributed by atoms with E-state index in [0.717, 1.165) is 35.9 Å². The molecule has 0 radical (unpaired) electrons. The summed E-state index contributed by atoms with van der Waals surface area (Å²) in [4.78, 5) is 23.4. The van der Waals surface area contributed by atoms with Gasteiger partial charge in [0.25, 0.3) is 0 Å². The number of urea groups is 1. The molecule has 4 rings (SSSR count). The molecule has 0 saturated carbocycles. The number of para-hydroxylation sites is 1. The van der Waals surface area contributed by atoms with Gasteiger partial charge in [-0.05, 0) is 36.6 Å². The van der Waals surface area contributed by atoms with Gasteiger partial charge in [-0.1, -0.05) is 24.3 Å². The number of nitrogens with zero attached hydrogens (tertiary/aromatic N) is 3. The zero-order chi connectivity index (χ0) is 18.5. The Morgan fingerprint density at radius 2 is 2.07 bits per heavy atom. The van der Waals surface area contributed by atoms with Crippen LogP contribution in [0.1, 0.15) is 18.4 Å². The van der Waals surface area contributed by atoms with Crippen LogP contribution < -0.4 is 5.32 Å². The van der Waals surface area contributed by atoms with Gasteiger partial charge >= 0.3 is 6.03 Å². The molecule has 1 aliphatic rings. The van der Waals surface area contributed by atoms with Gasteiger partial charge in [-0.15, -0.1) is 0 Å². The summed E-state index contributed by atoms with van der Waals surface area (Å²) in [5.74, 6) is 0. The van der Waals surface area contributed by atoms with E-state index in [4.69, 9.17) is 4.74 Å². The van der Waals surface area contributed by atoms with Crippen LogP contribution in [-0.2, 0) is 11.3 Å². The summed E-state index contributed by atoms with van der Waals surface area (Å²) in [5.41, 5.74) is 2.48. The van der Waals surface area contributed by atoms with Crippen LogP contribution in [0.3, 0.4) is 0 Å². The molecule has 1 aliphatic heterocycles. The van der Waals surface area contributed by atoms with Crippen LogP contribution in [0.2, 0.25) is 0 Å². The molecule has 138 valence electrons. The number of hydrogen-bond acceptors (Lipinski definition) is 4. The fourth-order valence-electron chi connectivity index (χ4n) is 3.36. The fraction of sp³-hybridized carbons (Fsp3) is 0.286. The Balaban J connectivity index is 1.55. The van der Waals surface area contributed by atoms with Crippen LogP contribution in [0.25, 0.3) is 10.9 Å². The molecule has 1 N–H and O–H groups in total. The van der Waals surface area contributed by atoms with E-state index in [2.05, 4.69) is 15.3 Å². The quantitative estimate of drug-likeness (QED) is 0.749. The number of fused-ring (bicyclic) bond motifs is 1. The molecule has 2 amide bonds. The van der Waals surface area contributed by atoms with Crippen LogP contribution >= 0.6 is 0 Å². The highest BCUT2D eigenvalue weighted by atomic mass is 16.5. The fourth-order valence-corrected chi connectivity index (χ4v) is 3.36. The highest BCUT2D eigenvalue weighted by molar-refractivity contribution is 5.99. The van der Waals surface area contributed by atoms with E-state index in [-0.39, 0.29) is 12.1 Å². The zero-order valence-electron chi connectivity index (χ0n) is 15.0. The van der Waals surface area contributed by atoms with Gasteiger partial charge in [-0.3, -0.25) is 9.97 Å². The van der Waals surface area contributed by atoms with E-state index in [1.54, 1.807) is 23.5 Å². The molecule has 0 spiro atoms. The predicted molar refractivity (Wildman–Crippen MR) is 104 cm³/mol. The van der Waals surface area contributed by atoms with Crippen molar-refractivity contribution in [2.45, 2.75) is 25.5 Å². The van der Waals surface area contributed by atoms with Crippen LogP contribution in [0.15, 0.2) is 61.1 Å². The number of hydrogen-bond donors (Lipinski definition) is 1. The zero-order valence-corrected chi connectivity index (χ0v) is 15.0. The number of carbonyl (C=O) groups excluding carboxylic acids is 1. The molecule has 27 heavy (non-hydrogen) atoms. The number of ether oxygens (including phenoxy) is 1. The lowest BCUT2D eigenvalue weighted by molar-refractivity contribution is 0.0819. The van der Waals surface area contributed by atoms with E-state index in [0.29, 0.717) is 18.8 Å². The SMILES string of the molecule is O=C(Nc1cccc2cccnc12)N(Cc1cccnc1)C[C@@H]1CCCO1. The van der Waals surface area contributed by atoms with Crippen molar-refractivity contribution >= 4 is 22.6 Å². The summed E-state index contributed by atoms with van der Waals surface area (Å²) in [7, 11) is 0. The monoisotopic (exact) mass is 362 g/mol. The summed E-state index contributed by atoms with van der Waals surface area (Å²) in [6.07, 6.45) is 7.36. The molecule has 0 unspecified atom stereocenters. The van der Waals surface area contributed by atoms with E-state index >= 15 is 0 Å². The molecule has 2 aromatic heterocycles. The molecule has 0 aliphatic carbocycles. The van der Waals surface area contributed by atoms with Gasteiger partial charge in [-0.2, -0.15) is 0 Å². The van der Waals surface area contributed by atoms with Crippen LogP contribution in [0.4, 0.5) is 10.5 Å². The molecule has 1 saturated heterocycles. The van der Waals surface area contributed by atoms with Crippen molar-refractivity contribution in [2.24, 2.45) is 0 Å². The number of amides is 2. The van der Waals surface area contributed by atoms with Crippen LogP contribution in [-0.4, -0.2) is 40.2 Å². The Morgan fingerprint density at radius 3 is 2.89 bits per heavy atom. The van der Waals surface area contributed by atoms with Crippen molar-refractivity contribution in [3.05, 3.63) is 66.6 Å². The molecule has 1 fully saturated rings. The average Bonchev–Trinajstić information content (AvgIpc) is 3.22. The number of nitrogens with one attached hydrogen (secondary N) is 1. The molecular formula is C21H22N4O2. The van der Waals surface area contributed by atoms with Crippen molar-refractivity contribution in [3.8, 4) is 0 Å². The van der Waals surface area contributed by atoms with Crippen LogP contribution in [0.5, 0.6) is 0 Å². The molecule has 0 bridgehead atoms. The maximum atomic E-state index is 13.1. The maximum Gasteiger partial charge on any atom is 0.322 e. The molecule has 6 heteroatoms.